The zero-order chi connectivity index (χ0) is 8.27. The second-order valence-corrected chi connectivity index (χ2v) is 2.73. The van der Waals surface area contributed by atoms with E-state index in [0.717, 1.165) is 0 Å². The SMILES string of the molecule is C/N=C/c1ccc(C)c(C)c1. The van der Waals surface area contributed by atoms with Gasteiger partial charge in [0.05, 0.1) is 0 Å². The van der Waals surface area contributed by atoms with Crippen molar-refractivity contribution in [3.05, 3.63) is 34.9 Å². The van der Waals surface area contributed by atoms with Gasteiger partial charge in [-0.2, -0.15) is 0 Å². The molecule has 1 rings (SSSR count). The van der Waals surface area contributed by atoms with Crippen molar-refractivity contribution in [3.63, 3.8) is 0 Å². The third-order valence-corrected chi connectivity index (χ3v) is 1.81. The lowest BCUT2D eigenvalue weighted by Crippen LogP contribution is -1.85. The normalized spacial score (nSPS) is 10.8. The van der Waals surface area contributed by atoms with Crippen molar-refractivity contribution in [2.75, 3.05) is 7.05 Å². The summed E-state index contributed by atoms with van der Waals surface area (Å²) in [6.45, 7) is 4.23. The molecule has 0 amide bonds. The highest BCUT2D eigenvalue weighted by atomic mass is 14.6. The van der Waals surface area contributed by atoms with E-state index in [0.29, 0.717) is 0 Å². The molecule has 0 aliphatic rings. The molecule has 0 aromatic heterocycles. The number of rotatable bonds is 1. The maximum Gasteiger partial charge on any atom is 0.0281 e. The van der Waals surface area contributed by atoms with E-state index in [9.17, 15) is 0 Å². The Balaban J connectivity index is 3.05. The van der Waals surface area contributed by atoms with Crippen molar-refractivity contribution in [3.8, 4) is 0 Å². The van der Waals surface area contributed by atoms with Crippen molar-refractivity contribution in [1.82, 2.24) is 0 Å². The molecule has 0 heterocycles. The molecule has 0 spiro atoms. The van der Waals surface area contributed by atoms with E-state index in [4.69, 9.17) is 0 Å². The first kappa shape index (κ1) is 7.99. The molecule has 1 aromatic rings. The molecule has 1 heteroatoms. The van der Waals surface area contributed by atoms with Crippen LogP contribution in [0.2, 0.25) is 0 Å². The molecule has 0 atom stereocenters. The van der Waals surface area contributed by atoms with Gasteiger partial charge in [0.25, 0.3) is 0 Å². The maximum absolute atomic E-state index is 3.95. The lowest BCUT2D eigenvalue weighted by Gasteiger charge is -1.99. The molecule has 0 N–H and O–H groups in total. The minimum absolute atomic E-state index is 1.18. The van der Waals surface area contributed by atoms with Crippen molar-refractivity contribution in [2.24, 2.45) is 4.99 Å². The van der Waals surface area contributed by atoms with Gasteiger partial charge in [0.15, 0.2) is 0 Å². The summed E-state index contributed by atoms with van der Waals surface area (Å²) in [6, 6.07) is 6.34. The van der Waals surface area contributed by atoms with Crippen LogP contribution in [-0.2, 0) is 0 Å². The zero-order valence-electron chi connectivity index (χ0n) is 7.26. The molecule has 0 aliphatic carbocycles. The summed E-state index contributed by atoms with van der Waals surface area (Å²) in [6.07, 6.45) is 1.87. The molecule has 1 nitrogen and oxygen atoms in total. The summed E-state index contributed by atoms with van der Waals surface area (Å²) in [5.74, 6) is 0. The van der Waals surface area contributed by atoms with Gasteiger partial charge in [0.1, 0.15) is 0 Å². The highest BCUT2D eigenvalue weighted by molar-refractivity contribution is 5.79. The Kier molecular flexibility index (Phi) is 2.42. The van der Waals surface area contributed by atoms with Crippen LogP contribution in [0.3, 0.4) is 0 Å². The quantitative estimate of drug-likeness (QED) is 0.541. The van der Waals surface area contributed by atoms with E-state index in [1.807, 2.05) is 6.21 Å². The fourth-order valence-electron chi connectivity index (χ4n) is 0.994. The van der Waals surface area contributed by atoms with Crippen molar-refractivity contribution in [2.45, 2.75) is 13.8 Å². The van der Waals surface area contributed by atoms with Gasteiger partial charge < -0.3 is 0 Å². The predicted molar refractivity (Wildman–Crippen MR) is 49.4 cm³/mol. The Bertz CT molecular complexity index is 274. The second kappa shape index (κ2) is 3.33. The monoisotopic (exact) mass is 147 g/mol. The largest absolute Gasteiger partial charge is 0.296 e. The third kappa shape index (κ3) is 1.90. The van der Waals surface area contributed by atoms with E-state index >= 15 is 0 Å². The van der Waals surface area contributed by atoms with Crippen LogP contribution in [0.5, 0.6) is 0 Å². The first-order chi connectivity index (χ1) is 5.24. The number of hydrogen-bond acceptors (Lipinski definition) is 1. The molecular formula is C10H13N. The summed E-state index contributed by atoms with van der Waals surface area (Å²) in [7, 11) is 1.79. The molecule has 1 aromatic carbocycles. The van der Waals surface area contributed by atoms with Gasteiger partial charge in [0.2, 0.25) is 0 Å². The molecule has 0 fully saturated rings. The number of benzene rings is 1. The predicted octanol–water partition coefficient (Wildman–Crippen LogP) is 2.35. The van der Waals surface area contributed by atoms with E-state index in [-0.39, 0.29) is 0 Å². The molecular weight excluding hydrogens is 134 g/mol. The highest BCUT2D eigenvalue weighted by Crippen LogP contribution is 2.07. The minimum Gasteiger partial charge on any atom is -0.296 e. The molecule has 0 saturated carbocycles. The first-order valence-electron chi connectivity index (χ1n) is 3.73. The number of nitrogens with zero attached hydrogens (tertiary/aromatic N) is 1. The molecule has 0 saturated heterocycles. The van der Waals surface area contributed by atoms with Gasteiger partial charge in [-0.3, -0.25) is 4.99 Å². The standard InChI is InChI=1S/C10H13N/c1-8-4-5-10(7-11-3)6-9(8)2/h4-7H,1-3H3/b11-7+. The van der Waals surface area contributed by atoms with Crippen LogP contribution in [0.25, 0.3) is 0 Å². The zero-order valence-corrected chi connectivity index (χ0v) is 7.26. The highest BCUT2D eigenvalue weighted by Gasteiger charge is 1.91. The Morgan fingerprint density at radius 2 is 1.91 bits per heavy atom. The third-order valence-electron chi connectivity index (χ3n) is 1.81. The van der Waals surface area contributed by atoms with E-state index in [1.54, 1.807) is 7.05 Å². The molecule has 58 valence electrons. The van der Waals surface area contributed by atoms with Gasteiger partial charge in [0, 0.05) is 13.3 Å². The fourth-order valence-corrected chi connectivity index (χ4v) is 0.994. The molecule has 0 aliphatic heterocycles. The van der Waals surface area contributed by atoms with E-state index < -0.39 is 0 Å². The van der Waals surface area contributed by atoms with E-state index in [2.05, 4.69) is 37.0 Å². The Hall–Kier alpha value is -1.11. The Morgan fingerprint density at radius 1 is 1.18 bits per heavy atom. The molecule has 0 unspecified atom stereocenters. The van der Waals surface area contributed by atoms with Gasteiger partial charge >= 0.3 is 0 Å². The summed E-state index contributed by atoms with van der Waals surface area (Å²) in [4.78, 5) is 3.95. The Labute approximate surface area is 67.8 Å². The second-order valence-electron chi connectivity index (χ2n) is 2.73. The van der Waals surface area contributed by atoms with Crippen molar-refractivity contribution < 1.29 is 0 Å². The van der Waals surface area contributed by atoms with Crippen LogP contribution in [0.15, 0.2) is 23.2 Å². The van der Waals surface area contributed by atoms with Crippen LogP contribution >= 0.6 is 0 Å². The summed E-state index contributed by atoms with van der Waals surface area (Å²) in [5.41, 5.74) is 3.83. The molecule has 0 bridgehead atoms. The first-order valence-corrected chi connectivity index (χ1v) is 3.73. The van der Waals surface area contributed by atoms with Gasteiger partial charge in [-0.05, 0) is 30.5 Å². The van der Waals surface area contributed by atoms with Crippen LogP contribution in [-0.4, -0.2) is 13.3 Å². The van der Waals surface area contributed by atoms with Gasteiger partial charge in [-0.15, -0.1) is 0 Å². The molecule has 0 radical (unpaired) electrons. The smallest absolute Gasteiger partial charge is 0.0281 e. The summed E-state index contributed by atoms with van der Waals surface area (Å²) < 4.78 is 0. The minimum atomic E-state index is 1.18. The average Bonchev–Trinajstić information content (AvgIpc) is 1.98. The summed E-state index contributed by atoms with van der Waals surface area (Å²) >= 11 is 0. The fraction of sp³-hybridized carbons (Fsp3) is 0.300. The average molecular weight is 147 g/mol. The number of aliphatic imine (C=N–C) groups is 1. The maximum atomic E-state index is 3.95. The van der Waals surface area contributed by atoms with Crippen LogP contribution in [0.4, 0.5) is 0 Å². The molecule has 11 heavy (non-hydrogen) atoms. The lowest BCUT2D eigenvalue weighted by molar-refractivity contribution is 1.33. The Morgan fingerprint density at radius 3 is 2.45 bits per heavy atom. The van der Waals surface area contributed by atoms with Crippen LogP contribution < -0.4 is 0 Å². The number of aryl methyl sites for hydroxylation is 2. The van der Waals surface area contributed by atoms with Crippen LogP contribution in [0.1, 0.15) is 16.7 Å². The van der Waals surface area contributed by atoms with Crippen LogP contribution in [0, 0.1) is 13.8 Å². The topological polar surface area (TPSA) is 12.4 Å². The lowest BCUT2D eigenvalue weighted by atomic mass is 10.1. The van der Waals surface area contributed by atoms with Gasteiger partial charge in [-0.1, -0.05) is 18.2 Å². The van der Waals surface area contributed by atoms with Crippen molar-refractivity contribution in [1.29, 1.82) is 0 Å². The number of hydrogen-bond donors (Lipinski definition) is 0. The van der Waals surface area contributed by atoms with E-state index in [1.165, 1.54) is 16.7 Å². The van der Waals surface area contributed by atoms with Gasteiger partial charge in [-0.25, -0.2) is 0 Å². The summed E-state index contributed by atoms with van der Waals surface area (Å²) in [5, 5.41) is 0. The van der Waals surface area contributed by atoms with Crippen molar-refractivity contribution >= 4 is 6.21 Å².